The molecule has 106 valence electrons. The van der Waals surface area contributed by atoms with Crippen LogP contribution in [0.25, 0.3) is 0 Å². The summed E-state index contributed by atoms with van der Waals surface area (Å²) in [5, 5.41) is 8.60. The second-order valence-corrected chi connectivity index (χ2v) is 6.30. The zero-order valence-electron chi connectivity index (χ0n) is 10.9. The fraction of sp³-hybridized carbons (Fsp3) is 0.417. The molecule has 1 aromatic rings. The molecular weight excluding hydrogens is 268 g/mol. The summed E-state index contributed by atoms with van der Waals surface area (Å²) in [5.41, 5.74) is 7.77. The van der Waals surface area contributed by atoms with E-state index in [1.54, 1.807) is 12.1 Å². The molecule has 1 atom stereocenters. The maximum atomic E-state index is 11.8. The standard InChI is InChI=1S/C12H18N2O4S/c1-8-3-4-10(7-9(8)2)14-19(17,18)6-5-11(13)12(15)16/h3-4,7,11,14H,5-6,13H2,1-2H3,(H,15,16). The summed E-state index contributed by atoms with van der Waals surface area (Å²) in [6, 6.07) is 4.04. The molecular formula is C12H18N2O4S. The van der Waals surface area contributed by atoms with E-state index in [2.05, 4.69) is 4.72 Å². The minimum absolute atomic E-state index is 0.129. The summed E-state index contributed by atoms with van der Waals surface area (Å²) < 4.78 is 25.9. The Morgan fingerprint density at radius 3 is 2.53 bits per heavy atom. The van der Waals surface area contributed by atoms with Gasteiger partial charge in [-0.15, -0.1) is 0 Å². The Bertz CT molecular complexity index is 569. The van der Waals surface area contributed by atoms with E-state index in [0.29, 0.717) is 5.69 Å². The number of benzene rings is 1. The Labute approximate surface area is 112 Å². The van der Waals surface area contributed by atoms with Crippen LogP contribution in [0.15, 0.2) is 18.2 Å². The lowest BCUT2D eigenvalue weighted by Gasteiger charge is -2.11. The molecule has 0 radical (unpaired) electrons. The number of carbonyl (C=O) groups is 1. The van der Waals surface area contributed by atoms with Crippen molar-refractivity contribution in [3.05, 3.63) is 29.3 Å². The predicted octanol–water partition coefficient (Wildman–Crippen LogP) is 0.847. The van der Waals surface area contributed by atoms with Crippen molar-refractivity contribution in [2.45, 2.75) is 26.3 Å². The molecule has 0 fully saturated rings. The quantitative estimate of drug-likeness (QED) is 0.718. The minimum atomic E-state index is -3.59. The number of aliphatic carboxylic acids is 1. The van der Waals surface area contributed by atoms with Crippen molar-refractivity contribution in [3.63, 3.8) is 0 Å². The molecule has 0 amide bonds. The minimum Gasteiger partial charge on any atom is -0.480 e. The monoisotopic (exact) mass is 286 g/mol. The number of hydrogen-bond donors (Lipinski definition) is 3. The third-order valence-electron chi connectivity index (χ3n) is 2.80. The van der Waals surface area contributed by atoms with Crippen LogP contribution in [-0.4, -0.2) is 31.3 Å². The number of nitrogens with one attached hydrogen (secondary N) is 1. The van der Waals surface area contributed by atoms with Gasteiger partial charge in [-0.25, -0.2) is 8.42 Å². The summed E-state index contributed by atoms with van der Waals surface area (Å²) in [4.78, 5) is 10.5. The van der Waals surface area contributed by atoms with Crippen LogP contribution in [0, 0.1) is 13.8 Å². The molecule has 1 aromatic carbocycles. The largest absolute Gasteiger partial charge is 0.480 e. The molecule has 0 saturated carbocycles. The highest BCUT2D eigenvalue weighted by atomic mass is 32.2. The number of carboxylic acid groups (broad SMARTS) is 1. The van der Waals surface area contributed by atoms with E-state index in [1.807, 2.05) is 19.9 Å². The SMILES string of the molecule is Cc1ccc(NS(=O)(=O)CCC(N)C(=O)O)cc1C. The molecule has 19 heavy (non-hydrogen) atoms. The Kier molecular flexibility index (Phi) is 4.90. The van der Waals surface area contributed by atoms with Crippen LogP contribution in [0.3, 0.4) is 0 Å². The summed E-state index contributed by atoms with van der Waals surface area (Å²) in [5.74, 6) is -1.53. The van der Waals surface area contributed by atoms with E-state index in [-0.39, 0.29) is 12.2 Å². The van der Waals surface area contributed by atoms with E-state index in [9.17, 15) is 13.2 Å². The molecule has 4 N–H and O–H groups in total. The van der Waals surface area contributed by atoms with E-state index >= 15 is 0 Å². The van der Waals surface area contributed by atoms with Gasteiger partial charge in [0.25, 0.3) is 0 Å². The van der Waals surface area contributed by atoms with Crippen molar-refractivity contribution in [3.8, 4) is 0 Å². The number of aryl methyl sites for hydroxylation is 2. The molecule has 0 bridgehead atoms. The van der Waals surface area contributed by atoms with Gasteiger partial charge in [-0.2, -0.15) is 0 Å². The van der Waals surface area contributed by atoms with Crippen molar-refractivity contribution < 1.29 is 18.3 Å². The lowest BCUT2D eigenvalue weighted by molar-refractivity contribution is -0.138. The van der Waals surface area contributed by atoms with Gasteiger partial charge in [0.2, 0.25) is 10.0 Å². The zero-order valence-corrected chi connectivity index (χ0v) is 11.7. The average molecular weight is 286 g/mol. The molecule has 0 aliphatic rings. The van der Waals surface area contributed by atoms with Crippen LogP contribution in [0.1, 0.15) is 17.5 Å². The number of nitrogens with two attached hydrogens (primary N) is 1. The maximum Gasteiger partial charge on any atom is 0.320 e. The first-order valence-corrected chi connectivity index (χ1v) is 7.42. The Balaban J connectivity index is 2.69. The van der Waals surface area contributed by atoms with Crippen molar-refractivity contribution in [1.29, 1.82) is 0 Å². The number of sulfonamides is 1. The van der Waals surface area contributed by atoms with Crippen LogP contribution >= 0.6 is 0 Å². The second-order valence-electron chi connectivity index (χ2n) is 4.45. The number of carboxylic acids is 1. The molecule has 0 saturated heterocycles. The Morgan fingerprint density at radius 1 is 1.37 bits per heavy atom. The highest BCUT2D eigenvalue weighted by Crippen LogP contribution is 2.15. The van der Waals surface area contributed by atoms with Crippen LogP contribution < -0.4 is 10.5 Å². The molecule has 7 heteroatoms. The molecule has 1 unspecified atom stereocenters. The van der Waals surface area contributed by atoms with Crippen molar-refractivity contribution in [2.75, 3.05) is 10.5 Å². The topological polar surface area (TPSA) is 109 Å². The van der Waals surface area contributed by atoms with Gasteiger partial charge in [-0.3, -0.25) is 9.52 Å². The van der Waals surface area contributed by atoms with Crippen molar-refractivity contribution in [1.82, 2.24) is 0 Å². The first-order valence-electron chi connectivity index (χ1n) is 5.77. The molecule has 0 aliphatic heterocycles. The smallest absolute Gasteiger partial charge is 0.320 e. The Morgan fingerprint density at radius 2 is 2.00 bits per heavy atom. The van der Waals surface area contributed by atoms with Crippen molar-refractivity contribution >= 4 is 21.7 Å². The van der Waals surface area contributed by atoms with Crippen LogP contribution in [-0.2, 0) is 14.8 Å². The number of hydrogen-bond acceptors (Lipinski definition) is 4. The van der Waals surface area contributed by atoms with Gasteiger partial charge in [0.05, 0.1) is 5.75 Å². The van der Waals surface area contributed by atoms with E-state index in [1.165, 1.54) is 0 Å². The van der Waals surface area contributed by atoms with Gasteiger partial charge < -0.3 is 10.8 Å². The molecule has 0 aromatic heterocycles. The average Bonchev–Trinajstić information content (AvgIpc) is 2.30. The number of rotatable bonds is 6. The van der Waals surface area contributed by atoms with E-state index in [4.69, 9.17) is 10.8 Å². The fourth-order valence-corrected chi connectivity index (χ4v) is 2.59. The summed E-state index contributed by atoms with van der Waals surface area (Å²) >= 11 is 0. The molecule has 0 heterocycles. The fourth-order valence-electron chi connectivity index (χ4n) is 1.44. The second kappa shape index (κ2) is 6.03. The highest BCUT2D eigenvalue weighted by Gasteiger charge is 2.17. The van der Waals surface area contributed by atoms with Gasteiger partial charge in [0, 0.05) is 5.69 Å². The molecule has 6 nitrogen and oxygen atoms in total. The first-order chi connectivity index (χ1) is 8.71. The van der Waals surface area contributed by atoms with Gasteiger partial charge >= 0.3 is 5.97 Å². The van der Waals surface area contributed by atoms with Gasteiger partial charge in [0.1, 0.15) is 6.04 Å². The predicted molar refractivity (Wildman–Crippen MR) is 73.6 cm³/mol. The molecule has 1 rings (SSSR count). The lowest BCUT2D eigenvalue weighted by Crippen LogP contribution is -2.33. The summed E-state index contributed by atoms with van der Waals surface area (Å²) in [6.45, 7) is 3.81. The molecule has 0 spiro atoms. The van der Waals surface area contributed by atoms with E-state index in [0.717, 1.165) is 11.1 Å². The van der Waals surface area contributed by atoms with Gasteiger partial charge in [-0.05, 0) is 43.5 Å². The van der Waals surface area contributed by atoms with Crippen LogP contribution in [0.5, 0.6) is 0 Å². The van der Waals surface area contributed by atoms with Crippen molar-refractivity contribution in [2.24, 2.45) is 5.73 Å². The first kappa shape index (κ1) is 15.5. The third-order valence-corrected chi connectivity index (χ3v) is 4.11. The Hall–Kier alpha value is -1.60. The van der Waals surface area contributed by atoms with Crippen LogP contribution in [0.4, 0.5) is 5.69 Å². The summed E-state index contributed by atoms with van der Waals surface area (Å²) in [7, 11) is -3.59. The maximum absolute atomic E-state index is 11.8. The normalized spacial score (nSPS) is 13.0. The third kappa shape index (κ3) is 4.88. The highest BCUT2D eigenvalue weighted by molar-refractivity contribution is 7.92. The summed E-state index contributed by atoms with van der Waals surface area (Å²) in [6.07, 6.45) is -0.129. The lowest BCUT2D eigenvalue weighted by atomic mass is 10.1. The van der Waals surface area contributed by atoms with Gasteiger partial charge in [-0.1, -0.05) is 6.07 Å². The van der Waals surface area contributed by atoms with Gasteiger partial charge in [0.15, 0.2) is 0 Å². The molecule has 0 aliphatic carbocycles. The van der Waals surface area contributed by atoms with E-state index < -0.39 is 22.0 Å². The zero-order chi connectivity index (χ0) is 14.6. The van der Waals surface area contributed by atoms with Crippen LogP contribution in [0.2, 0.25) is 0 Å². The number of anilines is 1.